The van der Waals surface area contributed by atoms with Crippen molar-refractivity contribution in [3.05, 3.63) is 50.4 Å². The van der Waals surface area contributed by atoms with E-state index in [9.17, 15) is 4.79 Å². The molecule has 0 fully saturated rings. The molecule has 1 N–H and O–H groups in total. The van der Waals surface area contributed by atoms with E-state index in [1.165, 1.54) is 0 Å². The Hall–Kier alpha value is -1.73. The Kier molecular flexibility index (Phi) is 6.09. The van der Waals surface area contributed by atoms with E-state index in [1.807, 2.05) is 44.2 Å². The molecule has 7 heteroatoms. The number of hydrogen-bond acceptors (Lipinski definition) is 4. The topological polar surface area (TPSA) is 56.8 Å². The highest BCUT2D eigenvalue weighted by Crippen LogP contribution is 2.35. The van der Waals surface area contributed by atoms with Gasteiger partial charge in [-0.15, -0.1) is 0 Å². The summed E-state index contributed by atoms with van der Waals surface area (Å²) < 4.78 is 18.4. The Labute approximate surface area is 169 Å². The van der Waals surface area contributed by atoms with Gasteiger partial charge in [0.25, 0.3) is 5.91 Å². The summed E-state index contributed by atoms with van der Waals surface area (Å²) in [4.78, 5) is 12.3. The highest BCUT2D eigenvalue weighted by molar-refractivity contribution is 9.11. The lowest BCUT2D eigenvalue weighted by Crippen LogP contribution is -2.31. The molecule has 0 spiro atoms. The lowest BCUT2D eigenvalue weighted by atomic mass is 10.1. The van der Waals surface area contributed by atoms with Gasteiger partial charge in [-0.2, -0.15) is 0 Å². The van der Waals surface area contributed by atoms with Crippen LogP contribution in [0.5, 0.6) is 17.2 Å². The Balaban J connectivity index is 1.60. The van der Waals surface area contributed by atoms with Crippen LogP contribution in [-0.2, 0) is 4.79 Å². The first-order valence-electron chi connectivity index (χ1n) is 8.21. The molecule has 0 saturated heterocycles. The molecule has 138 valence electrons. The highest BCUT2D eigenvalue weighted by Gasteiger charge is 2.17. The Morgan fingerprint density at radius 2 is 1.81 bits per heavy atom. The number of carbonyl (C=O) groups is 1. The van der Waals surface area contributed by atoms with E-state index in [-0.39, 0.29) is 18.6 Å². The van der Waals surface area contributed by atoms with Gasteiger partial charge < -0.3 is 19.5 Å². The SMILES string of the molecule is Cc1cc(Br)c(OCC(=O)NC(C)c2ccc3c(c2)OCCO3)c(Br)c1. The summed E-state index contributed by atoms with van der Waals surface area (Å²) in [5.74, 6) is 1.85. The predicted molar refractivity (Wildman–Crippen MR) is 106 cm³/mol. The van der Waals surface area contributed by atoms with Crippen molar-refractivity contribution in [2.75, 3.05) is 19.8 Å². The summed E-state index contributed by atoms with van der Waals surface area (Å²) in [7, 11) is 0. The number of aryl methyl sites for hydroxylation is 1. The van der Waals surface area contributed by atoms with E-state index in [0.29, 0.717) is 24.7 Å². The molecule has 1 heterocycles. The van der Waals surface area contributed by atoms with Crippen LogP contribution in [0, 0.1) is 6.92 Å². The third-order valence-corrected chi connectivity index (χ3v) is 5.11. The molecule has 0 aliphatic carbocycles. The number of ether oxygens (including phenoxy) is 3. The van der Waals surface area contributed by atoms with E-state index in [1.54, 1.807) is 0 Å². The lowest BCUT2D eigenvalue weighted by molar-refractivity contribution is -0.123. The Morgan fingerprint density at radius 1 is 1.15 bits per heavy atom. The van der Waals surface area contributed by atoms with Crippen LogP contribution in [0.25, 0.3) is 0 Å². The van der Waals surface area contributed by atoms with Crippen molar-refractivity contribution >= 4 is 37.8 Å². The van der Waals surface area contributed by atoms with Crippen molar-refractivity contribution in [2.45, 2.75) is 19.9 Å². The maximum atomic E-state index is 12.3. The first-order valence-corrected chi connectivity index (χ1v) is 9.80. The molecule has 1 amide bonds. The monoisotopic (exact) mass is 483 g/mol. The first kappa shape index (κ1) is 19.0. The third kappa shape index (κ3) is 4.51. The molecular formula is C19H19Br2NO4. The van der Waals surface area contributed by atoms with Gasteiger partial charge in [-0.1, -0.05) is 6.07 Å². The van der Waals surface area contributed by atoms with Crippen LogP contribution in [0.2, 0.25) is 0 Å². The average Bonchev–Trinajstić information content (AvgIpc) is 2.60. The van der Waals surface area contributed by atoms with Gasteiger partial charge in [-0.3, -0.25) is 4.79 Å². The number of rotatable bonds is 5. The van der Waals surface area contributed by atoms with Crippen LogP contribution in [-0.4, -0.2) is 25.7 Å². The van der Waals surface area contributed by atoms with Gasteiger partial charge >= 0.3 is 0 Å². The number of carbonyl (C=O) groups excluding carboxylic acids is 1. The van der Waals surface area contributed by atoms with Gasteiger partial charge in [-0.25, -0.2) is 0 Å². The van der Waals surface area contributed by atoms with Gasteiger partial charge in [0.15, 0.2) is 18.1 Å². The molecular weight excluding hydrogens is 466 g/mol. The van der Waals surface area contributed by atoms with Crippen molar-refractivity contribution in [1.82, 2.24) is 5.32 Å². The minimum absolute atomic E-state index is 0.0743. The summed E-state index contributed by atoms with van der Waals surface area (Å²) in [6, 6.07) is 9.39. The Bertz CT molecular complexity index is 802. The van der Waals surface area contributed by atoms with E-state index < -0.39 is 0 Å². The first-order chi connectivity index (χ1) is 12.4. The van der Waals surface area contributed by atoms with Crippen molar-refractivity contribution in [3.63, 3.8) is 0 Å². The highest BCUT2D eigenvalue weighted by atomic mass is 79.9. The van der Waals surface area contributed by atoms with Gasteiger partial charge in [0.1, 0.15) is 19.0 Å². The summed E-state index contributed by atoms with van der Waals surface area (Å²) in [5.41, 5.74) is 2.04. The number of amides is 1. The van der Waals surface area contributed by atoms with E-state index in [0.717, 1.165) is 25.8 Å². The molecule has 2 aromatic carbocycles. The second-order valence-electron chi connectivity index (χ2n) is 6.04. The molecule has 0 radical (unpaired) electrons. The van der Waals surface area contributed by atoms with Crippen molar-refractivity contribution in [3.8, 4) is 17.2 Å². The molecule has 1 aliphatic rings. The number of benzene rings is 2. The van der Waals surface area contributed by atoms with Crippen LogP contribution < -0.4 is 19.5 Å². The standard InChI is InChI=1S/C19H19Br2NO4/c1-11-7-14(20)19(15(21)8-11)26-10-18(23)22-12(2)13-3-4-16-17(9-13)25-6-5-24-16/h3-4,7-9,12H,5-6,10H2,1-2H3,(H,22,23). The van der Waals surface area contributed by atoms with Gasteiger partial charge in [0, 0.05) is 0 Å². The minimum Gasteiger partial charge on any atom is -0.486 e. The molecule has 0 aromatic heterocycles. The summed E-state index contributed by atoms with van der Waals surface area (Å²) >= 11 is 6.92. The molecule has 2 aromatic rings. The van der Waals surface area contributed by atoms with E-state index >= 15 is 0 Å². The van der Waals surface area contributed by atoms with Crippen LogP contribution >= 0.6 is 31.9 Å². The summed E-state index contributed by atoms with van der Waals surface area (Å²) in [5, 5.41) is 2.93. The molecule has 1 aliphatic heterocycles. The smallest absolute Gasteiger partial charge is 0.258 e. The summed E-state index contributed by atoms with van der Waals surface area (Å²) in [6.45, 7) is 4.92. The molecule has 26 heavy (non-hydrogen) atoms. The molecule has 0 bridgehead atoms. The quantitative estimate of drug-likeness (QED) is 0.676. The Morgan fingerprint density at radius 3 is 2.50 bits per heavy atom. The summed E-state index contributed by atoms with van der Waals surface area (Å²) in [6.07, 6.45) is 0. The number of fused-ring (bicyclic) bond motifs is 1. The van der Waals surface area contributed by atoms with Gasteiger partial charge in [0.2, 0.25) is 0 Å². The van der Waals surface area contributed by atoms with Crippen molar-refractivity contribution < 1.29 is 19.0 Å². The lowest BCUT2D eigenvalue weighted by Gasteiger charge is -2.21. The van der Waals surface area contributed by atoms with E-state index in [4.69, 9.17) is 14.2 Å². The number of halogens is 2. The molecule has 1 atom stereocenters. The van der Waals surface area contributed by atoms with Crippen LogP contribution in [0.3, 0.4) is 0 Å². The zero-order valence-corrected chi connectivity index (χ0v) is 17.6. The third-order valence-electron chi connectivity index (χ3n) is 3.93. The van der Waals surface area contributed by atoms with Crippen LogP contribution in [0.1, 0.15) is 24.1 Å². The maximum Gasteiger partial charge on any atom is 0.258 e. The minimum atomic E-state index is -0.202. The number of nitrogens with one attached hydrogen (secondary N) is 1. The second-order valence-corrected chi connectivity index (χ2v) is 7.75. The molecule has 0 saturated carbocycles. The largest absolute Gasteiger partial charge is 0.486 e. The predicted octanol–water partition coefficient (Wildman–Crippen LogP) is 4.55. The fourth-order valence-corrected chi connectivity index (χ4v) is 4.30. The molecule has 3 rings (SSSR count). The fourth-order valence-electron chi connectivity index (χ4n) is 2.66. The zero-order valence-electron chi connectivity index (χ0n) is 14.5. The molecule has 5 nitrogen and oxygen atoms in total. The van der Waals surface area contributed by atoms with Gasteiger partial charge in [-0.05, 0) is 81.1 Å². The number of hydrogen-bond donors (Lipinski definition) is 1. The molecule has 1 unspecified atom stereocenters. The van der Waals surface area contributed by atoms with E-state index in [2.05, 4.69) is 37.2 Å². The van der Waals surface area contributed by atoms with Crippen LogP contribution in [0.15, 0.2) is 39.3 Å². The fraction of sp³-hybridized carbons (Fsp3) is 0.316. The van der Waals surface area contributed by atoms with Crippen molar-refractivity contribution in [1.29, 1.82) is 0 Å². The maximum absolute atomic E-state index is 12.3. The van der Waals surface area contributed by atoms with Crippen LogP contribution in [0.4, 0.5) is 0 Å². The normalized spacial score (nSPS) is 13.8. The van der Waals surface area contributed by atoms with Crippen molar-refractivity contribution in [2.24, 2.45) is 0 Å². The average molecular weight is 485 g/mol. The zero-order chi connectivity index (χ0) is 18.7. The van der Waals surface area contributed by atoms with Gasteiger partial charge in [0.05, 0.1) is 15.0 Å². The second kappa shape index (κ2) is 8.31.